The van der Waals surface area contributed by atoms with Crippen LogP contribution in [0.15, 0.2) is 66.9 Å². The summed E-state index contributed by atoms with van der Waals surface area (Å²) in [5, 5.41) is 2.93. The third kappa shape index (κ3) is 5.51. The van der Waals surface area contributed by atoms with Gasteiger partial charge in [-0.05, 0) is 77.6 Å². The number of ether oxygens (including phenoxy) is 1. The van der Waals surface area contributed by atoms with E-state index in [-0.39, 0.29) is 24.1 Å². The predicted molar refractivity (Wildman–Crippen MR) is 151 cm³/mol. The minimum atomic E-state index is -0.412. The number of halogens is 1. The first-order chi connectivity index (χ1) is 18.7. The van der Waals surface area contributed by atoms with Gasteiger partial charge in [-0.2, -0.15) is 0 Å². The lowest BCUT2D eigenvalue weighted by atomic mass is 9.90. The highest BCUT2D eigenvalue weighted by Gasteiger charge is 2.17. The van der Waals surface area contributed by atoms with Crippen molar-refractivity contribution in [1.82, 2.24) is 9.88 Å². The van der Waals surface area contributed by atoms with Crippen LogP contribution in [0, 0.1) is 19.7 Å². The summed E-state index contributed by atoms with van der Waals surface area (Å²) in [6.45, 7) is 3.96. The van der Waals surface area contributed by atoms with Crippen molar-refractivity contribution in [1.29, 1.82) is 0 Å². The van der Waals surface area contributed by atoms with Crippen LogP contribution in [0.3, 0.4) is 0 Å². The molecule has 0 fully saturated rings. The van der Waals surface area contributed by atoms with Gasteiger partial charge in [-0.3, -0.25) is 14.6 Å². The lowest BCUT2D eigenvalue weighted by Gasteiger charge is -2.17. The molecule has 1 aromatic heterocycles. The molecule has 1 heterocycles. The van der Waals surface area contributed by atoms with Crippen molar-refractivity contribution in [2.75, 3.05) is 26.5 Å². The van der Waals surface area contributed by atoms with Crippen LogP contribution in [-0.4, -0.2) is 42.9 Å². The second-order valence-corrected chi connectivity index (χ2v) is 9.39. The zero-order valence-electron chi connectivity index (χ0n) is 22.6. The van der Waals surface area contributed by atoms with Crippen molar-refractivity contribution >= 4 is 17.5 Å². The molecular formula is C31H31FN4O3. The molecular weight excluding hydrogens is 495 g/mol. The fourth-order valence-corrected chi connectivity index (χ4v) is 4.55. The lowest BCUT2D eigenvalue weighted by Crippen LogP contribution is -2.22. The minimum absolute atomic E-state index is 0.0416. The Labute approximate surface area is 227 Å². The van der Waals surface area contributed by atoms with Crippen molar-refractivity contribution in [2.24, 2.45) is 5.73 Å². The van der Waals surface area contributed by atoms with Crippen molar-refractivity contribution in [3.8, 4) is 28.0 Å². The van der Waals surface area contributed by atoms with Crippen molar-refractivity contribution in [3.63, 3.8) is 0 Å². The molecule has 2 amide bonds. The number of methoxy groups -OCH3 is 1. The Morgan fingerprint density at radius 1 is 0.974 bits per heavy atom. The van der Waals surface area contributed by atoms with Crippen LogP contribution in [0.4, 0.5) is 10.1 Å². The van der Waals surface area contributed by atoms with Crippen LogP contribution >= 0.6 is 0 Å². The highest BCUT2D eigenvalue weighted by atomic mass is 19.1. The molecule has 200 valence electrons. The molecule has 0 bridgehead atoms. The molecule has 0 spiro atoms. The third-order valence-corrected chi connectivity index (χ3v) is 6.74. The molecule has 0 unspecified atom stereocenters. The van der Waals surface area contributed by atoms with E-state index >= 15 is 0 Å². The average Bonchev–Trinajstić information content (AvgIpc) is 2.93. The highest BCUT2D eigenvalue weighted by molar-refractivity contribution is 6.04. The fraction of sp³-hybridized carbons (Fsp3) is 0.194. The minimum Gasteiger partial charge on any atom is -0.496 e. The summed E-state index contributed by atoms with van der Waals surface area (Å²) in [4.78, 5) is 30.7. The molecule has 4 rings (SSSR count). The number of rotatable bonds is 7. The van der Waals surface area contributed by atoms with Crippen molar-refractivity contribution in [2.45, 2.75) is 20.4 Å². The number of benzene rings is 3. The molecule has 4 aromatic rings. The Morgan fingerprint density at radius 2 is 1.64 bits per heavy atom. The number of carbonyl (C=O) groups is 2. The summed E-state index contributed by atoms with van der Waals surface area (Å²) in [6, 6.07) is 17.9. The van der Waals surface area contributed by atoms with Crippen LogP contribution in [0.5, 0.6) is 5.75 Å². The molecule has 0 aliphatic rings. The maximum atomic E-state index is 14.8. The molecule has 0 aliphatic carbocycles. The number of nitrogens with two attached hydrogens (primary N) is 1. The van der Waals surface area contributed by atoms with Crippen LogP contribution in [-0.2, 0) is 6.54 Å². The Balaban J connectivity index is 1.66. The van der Waals surface area contributed by atoms with E-state index < -0.39 is 5.82 Å². The van der Waals surface area contributed by atoms with E-state index in [2.05, 4.69) is 10.3 Å². The number of pyridine rings is 1. The third-order valence-electron chi connectivity index (χ3n) is 6.74. The summed E-state index contributed by atoms with van der Waals surface area (Å²) < 4.78 is 20.2. The maximum Gasteiger partial charge on any atom is 0.274 e. The number of aromatic nitrogens is 1. The van der Waals surface area contributed by atoms with Gasteiger partial charge in [-0.15, -0.1) is 0 Å². The van der Waals surface area contributed by atoms with Crippen LogP contribution in [0.25, 0.3) is 22.3 Å². The van der Waals surface area contributed by atoms with Crippen LogP contribution in [0.1, 0.15) is 37.5 Å². The number of nitrogens with one attached hydrogen (secondary N) is 1. The van der Waals surface area contributed by atoms with Gasteiger partial charge in [-0.1, -0.05) is 30.3 Å². The van der Waals surface area contributed by atoms with Gasteiger partial charge in [0.1, 0.15) is 17.3 Å². The van der Waals surface area contributed by atoms with E-state index in [0.717, 1.165) is 27.8 Å². The first-order valence-corrected chi connectivity index (χ1v) is 12.4. The van der Waals surface area contributed by atoms with Gasteiger partial charge in [-0.25, -0.2) is 4.39 Å². The Hall–Kier alpha value is -4.56. The lowest BCUT2D eigenvalue weighted by molar-refractivity contribution is 0.0826. The van der Waals surface area contributed by atoms with Gasteiger partial charge < -0.3 is 20.7 Å². The molecule has 0 saturated carbocycles. The molecule has 0 saturated heterocycles. The van der Waals surface area contributed by atoms with E-state index in [1.165, 1.54) is 30.3 Å². The molecule has 0 radical (unpaired) electrons. The zero-order valence-corrected chi connectivity index (χ0v) is 22.6. The number of hydrogen-bond donors (Lipinski definition) is 2. The molecule has 3 aromatic carbocycles. The Kier molecular flexibility index (Phi) is 8.07. The predicted octanol–water partition coefficient (Wildman–Crippen LogP) is 5.59. The summed E-state index contributed by atoms with van der Waals surface area (Å²) in [7, 11) is 4.81. The topological polar surface area (TPSA) is 97.5 Å². The van der Waals surface area contributed by atoms with E-state index in [4.69, 9.17) is 10.5 Å². The quantitative estimate of drug-likeness (QED) is 0.327. The number of nitrogens with zero attached hydrogens (tertiary/aromatic N) is 2. The van der Waals surface area contributed by atoms with Gasteiger partial charge in [0.05, 0.1) is 12.7 Å². The summed E-state index contributed by atoms with van der Waals surface area (Å²) >= 11 is 0. The van der Waals surface area contributed by atoms with Crippen molar-refractivity contribution < 1.29 is 18.7 Å². The normalized spacial score (nSPS) is 10.7. The van der Waals surface area contributed by atoms with Gasteiger partial charge >= 0.3 is 0 Å². The first kappa shape index (κ1) is 27.5. The number of anilines is 1. The van der Waals surface area contributed by atoms with E-state index in [1.807, 2.05) is 50.2 Å². The monoisotopic (exact) mass is 526 g/mol. The van der Waals surface area contributed by atoms with Crippen LogP contribution < -0.4 is 15.8 Å². The molecule has 0 atom stereocenters. The van der Waals surface area contributed by atoms with Gasteiger partial charge in [0.2, 0.25) is 0 Å². The molecule has 0 aliphatic heterocycles. The maximum absolute atomic E-state index is 14.8. The van der Waals surface area contributed by atoms with E-state index in [9.17, 15) is 14.0 Å². The summed E-state index contributed by atoms with van der Waals surface area (Å²) in [5.41, 5.74) is 12.5. The fourth-order valence-electron chi connectivity index (χ4n) is 4.55. The van der Waals surface area contributed by atoms with E-state index in [0.29, 0.717) is 28.1 Å². The van der Waals surface area contributed by atoms with Crippen molar-refractivity contribution in [3.05, 3.63) is 101 Å². The largest absolute Gasteiger partial charge is 0.496 e. The molecule has 7 nitrogen and oxygen atoms in total. The molecule has 39 heavy (non-hydrogen) atoms. The smallest absolute Gasteiger partial charge is 0.274 e. The highest BCUT2D eigenvalue weighted by Crippen LogP contribution is 2.37. The summed E-state index contributed by atoms with van der Waals surface area (Å²) in [5.74, 6) is -0.574. The average molecular weight is 527 g/mol. The zero-order chi connectivity index (χ0) is 28.3. The van der Waals surface area contributed by atoms with Gasteiger partial charge in [0.25, 0.3) is 11.8 Å². The van der Waals surface area contributed by atoms with E-state index in [1.54, 1.807) is 26.2 Å². The Bertz CT molecular complexity index is 1550. The van der Waals surface area contributed by atoms with Crippen LogP contribution in [0.2, 0.25) is 0 Å². The summed E-state index contributed by atoms with van der Waals surface area (Å²) in [6.07, 6.45) is 1.40. The number of amides is 2. The molecule has 8 heteroatoms. The second kappa shape index (κ2) is 11.4. The SMILES string of the molecule is COc1cc(-c2cccc(-c3cccc(NC(=O)c4ccc(C(=O)N(C)C)cn4)c3C)c2C)cc(F)c1CN. The van der Waals surface area contributed by atoms with Gasteiger partial charge in [0, 0.05) is 38.1 Å². The van der Waals surface area contributed by atoms with Gasteiger partial charge in [0.15, 0.2) is 0 Å². The molecule has 3 N–H and O–H groups in total. The number of carbonyl (C=O) groups excluding carboxylic acids is 2. The Morgan fingerprint density at radius 3 is 2.26 bits per heavy atom. The second-order valence-electron chi connectivity index (χ2n) is 9.39. The first-order valence-electron chi connectivity index (χ1n) is 12.4. The number of hydrogen-bond acceptors (Lipinski definition) is 5. The standard InChI is InChI=1S/C31H31FN4O3/c1-18-22(21-14-26(32)25(16-33)29(15-21)39-5)8-6-9-23(18)24-10-7-11-27(19(24)2)35-30(37)28-13-12-20(17-34-28)31(38)36(3)4/h6-15,17H,16,33H2,1-5H3,(H,35,37).